The smallest absolute Gasteiger partial charge is 0.348 e. The molecule has 1 saturated carbocycles. The Balaban J connectivity index is 2.17. The predicted molar refractivity (Wildman–Crippen MR) is 104 cm³/mol. The number of aliphatic imine (C=N–C) groups is 1. The van der Waals surface area contributed by atoms with E-state index in [-0.39, 0.29) is 29.0 Å². The molecule has 1 heterocycles. The summed E-state index contributed by atoms with van der Waals surface area (Å²) >= 11 is 0. The Morgan fingerprint density at radius 2 is 2.06 bits per heavy atom. The fourth-order valence-corrected chi connectivity index (χ4v) is 3.36. The fraction of sp³-hybridized carbons (Fsp3) is 0.450. The summed E-state index contributed by atoms with van der Waals surface area (Å²) < 4.78 is 68.6. The lowest BCUT2D eigenvalue weighted by molar-refractivity contribution is -0.137. The van der Waals surface area contributed by atoms with E-state index in [0.29, 0.717) is 30.9 Å². The maximum atomic E-state index is 14.8. The van der Waals surface area contributed by atoms with Gasteiger partial charge in [-0.15, -0.1) is 0 Å². The number of nitrogens with one attached hydrogen (secondary N) is 1. The Hall–Kier alpha value is -2.98. The molecule has 1 aliphatic rings. The molecule has 0 radical (unpaired) electrons. The van der Waals surface area contributed by atoms with Crippen LogP contribution in [-0.4, -0.2) is 41.1 Å². The van der Waals surface area contributed by atoms with Gasteiger partial charge in [0.05, 0.1) is 17.3 Å². The number of aromatic nitrogens is 2. The first kappa shape index (κ1) is 22.7. The number of halogens is 5. The van der Waals surface area contributed by atoms with Crippen LogP contribution in [0, 0.1) is 18.7 Å². The quantitative estimate of drug-likeness (QED) is 0.316. The topological polar surface area (TPSA) is 62.5 Å². The van der Waals surface area contributed by atoms with E-state index in [1.165, 1.54) is 9.58 Å². The van der Waals surface area contributed by atoms with Crippen LogP contribution in [0.25, 0.3) is 0 Å². The Kier molecular flexibility index (Phi) is 6.33. The third-order valence-electron chi connectivity index (χ3n) is 5.14. The van der Waals surface area contributed by atoms with E-state index in [1.54, 1.807) is 21.0 Å². The second-order valence-corrected chi connectivity index (χ2v) is 7.58. The van der Waals surface area contributed by atoms with Crippen LogP contribution in [0.4, 0.5) is 27.8 Å². The normalized spacial score (nSPS) is 15.7. The molecular weight excluding hydrogens is 421 g/mol. The maximum absolute atomic E-state index is 14.8. The molecule has 1 fully saturated rings. The molecule has 0 aliphatic heterocycles. The van der Waals surface area contributed by atoms with Gasteiger partial charge in [0.15, 0.2) is 5.82 Å². The van der Waals surface area contributed by atoms with Crippen molar-refractivity contribution in [2.24, 2.45) is 10.9 Å². The number of hydrogen-bond acceptors (Lipinski definition) is 3. The highest BCUT2D eigenvalue weighted by Gasteiger charge is 2.39. The van der Waals surface area contributed by atoms with Crippen molar-refractivity contribution in [3.05, 3.63) is 46.4 Å². The van der Waals surface area contributed by atoms with Gasteiger partial charge in [-0.1, -0.05) is 6.07 Å². The van der Waals surface area contributed by atoms with Crippen molar-refractivity contribution in [1.82, 2.24) is 20.0 Å². The van der Waals surface area contributed by atoms with Crippen molar-refractivity contribution in [2.45, 2.75) is 38.7 Å². The number of hydrogen-bond donors (Lipinski definition) is 1. The van der Waals surface area contributed by atoms with Gasteiger partial charge < -0.3 is 4.90 Å². The summed E-state index contributed by atoms with van der Waals surface area (Å²) in [4.78, 5) is 16.8. The number of carbonyl (C=O) groups is 1. The van der Waals surface area contributed by atoms with E-state index in [2.05, 4.69) is 15.4 Å². The molecule has 0 saturated heterocycles. The molecule has 1 amide bonds. The van der Waals surface area contributed by atoms with Crippen LogP contribution in [0.3, 0.4) is 0 Å². The van der Waals surface area contributed by atoms with E-state index in [4.69, 9.17) is 0 Å². The standard InChI is InChI=1S/C20H22F5N5O/c1-11-16(9-21)28-30(18(11)27-19(26-10-31)29(2)3)17(12-4-5-12)14-7-6-13(8-15(14)22)20(23,24)25/h6-8,10,12,17H,4-5,9H2,1-3H3,(H,26,27,31). The highest BCUT2D eigenvalue weighted by Crippen LogP contribution is 2.46. The number of rotatable bonds is 6. The molecule has 1 aliphatic carbocycles. The Labute approximate surface area is 175 Å². The van der Waals surface area contributed by atoms with Gasteiger partial charge in [0.1, 0.15) is 12.5 Å². The van der Waals surface area contributed by atoms with E-state index in [1.807, 2.05) is 0 Å². The van der Waals surface area contributed by atoms with Crippen LogP contribution < -0.4 is 5.32 Å². The number of benzene rings is 1. The summed E-state index contributed by atoms with van der Waals surface area (Å²) in [6.45, 7) is 0.700. The molecule has 2 aromatic rings. The molecule has 31 heavy (non-hydrogen) atoms. The zero-order valence-corrected chi connectivity index (χ0v) is 17.2. The first-order chi connectivity index (χ1) is 14.6. The van der Waals surface area contributed by atoms with Gasteiger partial charge in [-0.25, -0.2) is 13.5 Å². The molecule has 6 nitrogen and oxygen atoms in total. The number of alkyl halides is 4. The summed E-state index contributed by atoms with van der Waals surface area (Å²) in [6, 6.07) is 1.61. The third-order valence-corrected chi connectivity index (χ3v) is 5.14. The van der Waals surface area contributed by atoms with Crippen LogP contribution >= 0.6 is 0 Å². The molecule has 11 heteroatoms. The number of amides is 1. The highest BCUT2D eigenvalue weighted by molar-refractivity contribution is 5.90. The average Bonchev–Trinajstić information content (AvgIpc) is 3.48. The lowest BCUT2D eigenvalue weighted by atomic mass is 10.00. The summed E-state index contributed by atoms with van der Waals surface area (Å²) in [5, 5.41) is 6.69. The monoisotopic (exact) mass is 443 g/mol. The molecule has 1 unspecified atom stereocenters. The van der Waals surface area contributed by atoms with Gasteiger partial charge in [-0.05, 0) is 37.8 Å². The number of guanidine groups is 1. The summed E-state index contributed by atoms with van der Waals surface area (Å²) in [6.07, 6.45) is -2.82. The molecule has 3 rings (SSSR count). The number of carbonyl (C=O) groups excluding carboxylic acids is 1. The van der Waals surface area contributed by atoms with Gasteiger partial charge >= 0.3 is 6.18 Å². The molecule has 168 valence electrons. The maximum Gasteiger partial charge on any atom is 0.416 e. The van der Waals surface area contributed by atoms with E-state index < -0.39 is 30.3 Å². The Morgan fingerprint density at radius 3 is 2.55 bits per heavy atom. The highest BCUT2D eigenvalue weighted by atomic mass is 19.4. The minimum absolute atomic E-state index is 0.0228. The van der Waals surface area contributed by atoms with Crippen LogP contribution in [0.15, 0.2) is 23.2 Å². The van der Waals surface area contributed by atoms with Crippen molar-refractivity contribution < 1.29 is 26.7 Å². The summed E-state index contributed by atoms with van der Waals surface area (Å²) in [7, 11) is 3.27. The summed E-state index contributed by atoms with van der Waals surface area (Å²) in [5.41, 5.74) is -0.587. The molecule has 0 spiro atoms. The first-order valence-electron chi connectivity index (χ1n) is 9.55. The summed E-state index contributed by atoms with van der Waals surface area (Å²) in [5.74, 6) is -0.766. The van der Waals surface area contributed by atoms with Gasteiger partial charge in [-0.3, -0.25) is 10.1 Å². The van der Waals surface area contributed by atoms with Crippen molar-refractivity contribution in [3.8, 4) is 0 Å². The van der Waals surface area contributed by atoms with Gasteiger partial charge in [0.25, 0.3) is 0 Å². The third kappa shape index (κ3) is 4.70. The SMILES string of the molecule is Cc1c(CF)nn(C(c2ccc(C(F)(F)F)cc2F)C2CC2)c1/N=C(\NC=O)N(C)C. The van der Waals surface area contributed by atoms with E-state index in [9.17, 15) is 26.7 Å². The predicted octanol–water partition coefficient (Wildman–Crippen LogP) is 4.11. The lowest BCUT2D eigenvalue weighted by Crippen LogP contribution is -2.35. The Morgan fingerprint density at radius 1 is 1.39 bits per heavy atom. The minimum Gasteiger partial charge on any atom is -0.348 e. The lowest BCUT2D eigenvalue weighted by Gasteiger charge is -2.22. The van der Waals surface area contributed by atoms with Crippen molar-refractivity contribution in [2.75, 3.05) is 14.1 Å². The van der Waals surface area contributed by atoms with Crippen LogP contribution in [-0.2, 0) is 17.6 Å². The second-order valence-electron chi connectivity index (χ2n) is 7.58. The molecule has 1 N–H and O–H groups in total. The van der Waals surface area contributed by atoms with Gasteiger partial charge in [0.2, 0.25) is 12.4 Å². The molecule has 1 atom stereocenters. The zero-order valence-electron chi connectivity index (χ0n) is 17.2. The van der Waals surface area contributed by atoms with Crippen LogP contribution in [0.1, 0.15) is 41.3 Å². The number of nitrogens with zero attached hydrogens (tertiary/aromatic N) is 4. The molecule has 1 aromatic carbocycles. The largest absolute Gasteiger partial charge is 0.416 e. The minimum atomic E-state index is -4.67. The van der Waals surface area contributed by atoms with Crippen molar-refractivity contribution >= 4 is 18.2 Å². The first-order valence-corrected chi connectivity index (χ1v) is 9.55. The van der Waals surface area contributed by atoms with Crippen LogP contribution in [0.5, 0.6) is 0 Å². The van der Waals surface area contributed by atoms with E-state index >= 15 is 0 Å². The average molecular weight is 443 g/mol. The van der Waals surface area contributed by atoms with E-state index in [0.717, 1.165) is 12.1 Å². The molecule has 1 aromatic heterocycles. The Bertz CT molecular complexity index is 995. The van der Waals surface area contributed by atoms with Gasteiger partial charge in [0, 0.05) is 25.2 Å². The second kappa shape index (κ2) is 8.64. The van der Waals surface area contributed by atoms with Crippen molar-refractivity contribution in [3.63, 3.8) is 0 Å². The molecular formula is C20H22F5N5O. The zero-order chi connectivity index (χ0) is 22.9. The molecule has 0 bridgehead atoms. The van der Waals surface area contributed by atoms with Crippen LogP contribution in [0.2, 0.25) is 0 Å². The van der Waals surface area contributed by atoms with Crippen molar-refractivity contribution in [1.29, 1.82) is 0 Å². The fourth-order valence-electron chi connectivity index (χ4n) is 3.36. The van der Waals surface area contributed by atoms with Gasteiger partial charge in [-0.2, -0.15) is 23.3 Å².